The van der Waals surface area contributed by atoms with Gasteiger partial charge < -0.3 is 11.1 Å². The molecule has 0 aliphatic heterocycles. The summed E-state index contributed by atoms with van der Waals surface area (Å²) < 4.78 is 0. The number of anilines is 2. The van der Waals surface area contributed by atoms with Crippen molar-refractivity contribution in [1.82, 2.24) is 4.98 Å². The first-order valence-corrected chi connectivity index (χ1v) is 5.09. The first kappa shape index (κ1) is 10.8. The third-order valence-corrected chi connectivity index (χ3v) is 2.47. The number of nitrogen functional groups attached to an aromatic ring is 1. The van der Waals surface area contributed by atoms with Crippen LogP contribution in [0.2, 0.25) is 0 Å². The molecule has 0 fully saturated rings. The summed E-state index contributed by atoms with van der Waals surface area (Å²) >= 11 is 0. The van der Waals surface area contributed by atoms with Crippen molar-refractivity contribution in [2.75, 3.05) is 17.6 Å². The van der Waals surface area contributed by atoms with Crippen LogP contribution in [0.5, 0.6) is 0 Å². The molecule has 0 amide bonds. The molecule has 1 rings (SSSR count). The van der Waals surface area contributed by atoms with Crippen LogP contribution >= 0.6 is 0 Å². The second-order valence-corrected chi connectivity index (χ2v) is 3.82. The summed E-state index contributed by atoms with van der Waals surface area (Å²) in [6.07, 6.45) is 2.97. The molecule has 1 atom stereocenters. The Morgan fingerprint density at radius 3 is 2.86 bits per heavy atom. The van der Waals surface area contributed by atoms with Crippen LogP contribution in [0.3, 0.4) is 0 Å². The molecule has 0 saturated carbocycles. The first-order valence-electron chi connectivity index (χ1n) is 5.09. The predicted molar refractivity (Wildman–Crippen MR) is 61.3 cm³/mol. The summed E-state index contributed by atoms with van der Waals surface area (Å²) in [5, 5.41) is 3.27. The summed E-state index contributed by atoms with van der Waals surface area (Å²) in [5.74, 6) is 1.53. The van der Waals surface area contributed by atoms with Crippen molar-refractivity contribution in [3.05, 3.63) is 17.8 Å². The van der Waals surface area contributed by atoms with E-state index in [1.54, 1.807) is 6.20 Å². The van der Waals surface area contributed by atoms with E-state index in [1.165, 1.54) is 6.42 Å². The van der Waals surface area contributed by atoms with Crippen LogP contribution in [0.1, 0.15) is 25.8 Å². The molecule has 0 radical (unpaired) electrons. The molecule has 0 saturated heterocycles. The molecule has 0 aliphatic rings. The third kappa shape index (κ3) is 2.91. The molecule has 3 nitrogen and oxygen atoms in total. The standard InChI is InChI=1S/C11H19N3/c1-4-8(2)6-13-11-5-10(12)9(3)7-14-11/h5,7-8H,4,6H2,1-3H3,(H3,12,13,14). The molecule has 78 valence electrons. The lowest BCUT2D eigenvalue weighted by atomic mass is 10.1. The molecule has 1 unspecified atom stereocenters. The fourth-order valence-corrected chi connectivity index (χ4v) is 1.06. The normalized spacial score (nSPS) is 12.5. The summed E-state index contributed by atoms with van der Waals surface area (Å²) in [5.41, 5.74) is 7.60. The number of rotatable bonds is 4. The Balaban J connectivity index is 2.55. The van der Waals surface area contributed by atoms with E-state index >= 15 is 0 Å². The Morgan fingerprint density at radius 1 is 1.57 bits per heavy atom. The molecule has 0 bridgehead atoms. The van der Waals surface area contributed by atoms with Crippen molar-refractivity contribution in [1.29, 1.82) is 0 Å². The summed E-state index contributed by atoms with van der Waals surface area (Å²) in [4.78, 5) is 4.25. The van der Waals surface area contributed by atoms with E-state index in [1.807, 2.05) is 13.0 Å². The highest BCUT2D eigenvalue weighted by Gasteiger charge is 2.00. The minimum atomic E-state index is 0.666. The average molecular weight is 193 g/mol. The molecule has 14 heavy (non-hydrogen) atoms. The van der Waals surface area contributed by atoms with Crippen molar-refractivity contribution in [2.45, 2.75) is 27.2 Å². The van der Waals surface area contributed by atoms with Crippen molar-refractivity contribution >= 4 is 11.5 Å². The van der Waals surface area contributed by atoms with Gasteiger partial charge in [0.2, 0.25) is 0 Å². The van der Waals surface area contributed by atoms with E-state index in [4.69, 9.17) is 5.73 Å². The first-order chi connectivity index (χ1) is 6.63. The molecule has 1 heterocycles. The molecular formula is C11H19N3. The maximum absolute atomic E-state index is 5.78. The Kier molecular flexibility index (Phi) is 3.74. The van der Waals surface area contributed by atoms with Crippen LogP contribution in [0.25, 0.3) is 0 Å². The number of aromatic nitrogens is 1. The number of nitrogens with two attached hydrogens (primary N) is 1. The van der Waals surface area contributed by atoms with Gasteiger partial charge in [0.25, 0.3) is 0 Å². The highest BCUT2D eigenvalue weighted by molar-refractivity contribution is 5.53. The van der Waals surface area contributed by atoms with E-state index in [0.717, 1.165) is 23.6 Å². The lowest BCUT2D eigenvalue weighted by Gasteiger charge is -2.11. The SMILES string of the molecule is CCC(C)CNc1cc(N)c(C)cn1. The van der Waals surface area contributed by atoms with Crippen LogP contribution in [0.15, 0.2) is 12.3 Å². The minimum Gasteiger partial charge on any atom is -0.398 e. The number of aryl methyl sites for hydroxylation is 1. The van der Waals surface area contributed by atoms with Gasteiger partial charge in [0.1, 0.15) is 5.82 Å². The largest absolute Gasteiger partial charge is 0.398 e. The van der Waals surface area contributed by atoms with Gasteiger partial charge in [-0.2, -0.15) is 0 Å². The van der Waals surface area contributed by atoms with Gasteiger partial charge in [-0.15, -0.1) is 0 Å². The quantitative estimate of drug-likeness (QED) is 0.772. The zero-order chi connectivity index (χ0) is 10.6. The van der Waals surface area contributed by atoms with Gasteiger partial charge in [0.05, 0.1) is 0 Å². The molecular weight excluding hydrogens is 174 g/mol. The van der Waals surface area contributed by atoms with Gasteiger partial charge in [-0.3, -0.25) is 0 Å². The highest BCUT2D eigenvalue weighted by Crippen LogP contribution is 2.14. The van der Waals surface area contributed by atoms with E-state index in [-0.39, 0.29) is 0 Å². The van der Waals surface area contributed by atoms with Crippen LogP contribution in [0.4, 0.5) is 11.5 Å². The van der Waals surface area contributed by atoms with Crippen LogP contribution < -0.4 is 11.1 Å². The van der Waals surface area contributed by atoms with Crippen molar-refractivity contribution in [3.63, 3.8) is 0 Å². The fourth-order valence-electron chi connectivity index (χ4n) is 1.06. The smallest absolute Gasteiger partial charge is 0.127 e. The monoisotopic (exact) mass is 193 g/mol. The number of nitrogens with one attached hydrogen (secondary N) is 1. The Morgan fingerprint density at radius 2 is 2.29 bits per heavy atom. The predicted octanol–water partition coefficient (Wildman–Crippen LogP) is 2.43. The molecule has 1 aromatic heterocycles. The molecule has 1 aromatic rings. The second kappa shape index (κ2) is 4.84. The summed E-state index contributed by atoms with van der Waals surface area (Å²) in [6, 6.07) is 1.89. The van der Waals surface area contributed by atoms with Gasteiger partial charge in [-0.1, -0.05) is 20.3 Å². The average Bonchev–Trinajstić information content (AvgIpc) is 2.19. The van der Waals surface area contributed by atoms with E-state index in [2.05, 4.69) is 24.1 Å². The minimum absolute atomic E-state index is 0.666. The van der Waals surface area contributed by atoms with Gasteiger partial charge in [-0.05, 0) is 18.4 Å². The molecule has 3 N–H and O–H groups in total. The van der Waals surface area contributed by atoms with E-state index < -0.39 is 0 Å². The number of nitrogens with zero attached hydrogens (tertiary/aromatic N) is 1. The third-order valence-electron chi connectivity index (χ3n) is 2.47. The van der Waals surface area contributed by atoms with E-state index in [9.17, 15) is 0 Å². The molecule has 3 heteroatoms. The highest BCUT2D eigenvalue weighted by atomic mass is 15.0. The van der Waals surface area contributed by atoms with E-state index in [0.29, 0.717) is 5.92 Å². The maximum atomic E-state index is 5.78. The molecule has 0 aromatic carbocycles. The number of pyridine rings is 1. The van der Waals surface area contributed by atoms with Crippen molar-refractivity contribution < 1.29 is 0 Å². The lowest BCUT2D eigenvalue weighted by Crippen LogP contribution is -2.11. The second-order valence-electron chi connectivity index (χ2n) is 3.82. The summed E-state index contributed by atoms with van der Waals surface area (Å²) in [7, 11) is 0. The van der Waals surface area contributed by atoms with Crippen LogP contribution in [-0.4, -0.2) is 11.5 Å². The zero-order valence-corrected chi connectivity index (χ0v) is 9.17. The Hall–Kier alpha value is -1.25. The molecule has 0 aliphatic carbocycles. The summed E-state index contributed by atoms with van der Waals surface area (Å²) in [6.45, 7) is 7.31. The van der Waals surface area contributed by atoms with Crippen molar-refractivity contribution in [3.8, 4) is 0 Å². The Labute approximate surface area is 85.7 Å². The van der Waals surface area contributed by atoms with Gasteiger partial charge in [-0.25, -0.2) is 4.98 Å². The van der Waals surface area contributed by atoms with Gasteiger partial charge in [0, 0.05) is 24.5 Å². The van der Waals surface area contributed by atoms with Gasteiger partial charge in [0.15, 0.2) is 0 Å². The van der Waals surface area contributed by atoms with Crippen LogP contribution in [0, 0.1) is 12.8 Å². The number of hydrogen-bond acceptors (Lipinski definition) is 3. The molecule has 0 spiro atoms. The maximum Gasteiger partial charge on any atom is 0.127 e. The van der Waals surface area contributed by atoms with Crippen LogP contribution in [-0.2, 0) is 0 Å². The van der Waals surface area contributed by atoms with Gasteiger partial charge >= 0.3 is 0 Å². The van der Waals surface area contributed by atoms with Crippen molar-refractivity contribution in [2.24, 2.45) is 5.92 Å². The Bertz CT molecular complexity index is 297. The zero-order valence-electron chi connectivity index (χ0n) is 9.17. The fraction of sp³-hybridized carbons (Fsp3) is 0.545. The lowest BCUT2D eigenvalue weighted by molar-refractivity contribution is 0.592. The topological polar surface area (TPSA) is 50.9 Å². The number of hydrogen-bond donors (Lipinski definition) is 2.